The van der Waals surface area contributed by atoms with Gasteiger partial charge in [-0.1, -0.05) is 6.07 Å². The van der Waals surface area contributed by atoms with Crippen LogP contribution in [0.15, 0.2) is 42.5 Å². The molecule has 0 heterocycles. The molecule has 0 aliphatic carbocycles. The Bertz CT molecular complexity index is 562. The van der Waals surface area contributed by atoms with Crippen molar-refractivity contribution in [1.82, 2.24) is 0 Å². The normalized spacial score (nSPS) is 10.2. The zero-order valence-corrected chi connectivity index (χ0v) is 9.38. The molecule has 86 valence electrons. The molecule has 2 aromatic carbocycles. The Morgan fingerprint density at radius 3 is 2.29 bits per heavy atom. The van der Waals surface area contributed by atoms with E-state index in [0.717, 1.165) is 16.7 Å². The quantitative estimate of drug-likeness (QED) is 0.487. The SMILES string of the molecule is Cc1cc(N)ccc1-c1ccc([N+](=O)[O-])cc1. The van der Waals surface area contributed by atoms with Gasteiger partial charge in [0, 0.05) is 17.8 Å². The molecular weight excluding hydrogens is 216 g/mol. The number of rotatable bonds is 2. The van der Waals surface area contributed by atoms with Crippen LogP contribution >= 0.6 is 0 Å². The number of hydrogen-bond acceptors (Lipinski definition) is 3. The molecule has 17 heavy (non-hydrogen) atoms. The molecule has 0 aromatic heterocycles. The monoisotopic (exact) mass is 228 g/mol. The van der Waals surface area contributed by atoms with Crippen molar-refractivity contribution in [2.45, 2.75) is 6.92 Å². The molecule has 0 saturated heterocycles. The molecule has 0 fully saturated rings. The number of aryl methyl sites for hydroxylation is 1. The average molecular weight is 228 g/mol. The van der Waals surface area contributed by atoms with Crippen LogP contribution in [0.4, 0.5) is 11.4 Å². The van der Waals surface area contributed by atoms with Crippen LogP contribution in [0.1, 0.15) is 5.56 Å². The van der Waals surface area contributed by atoms with Crippen molar-refractivity contribution in [3.63, 3.8) is 0 Å². The van der Waals surface area contributed by atoms with Crippen molar-refractivity contribution in [2.75, 3.05) is 5.73 Å². The summed E-state index contributed by atoms with van der Waals surface area (Å²) in [6.07, 6.45) is 0. The molecular formula is C13H12N2O2. The molecule has 2 rings (SSSR count). The molecule has 0 spiro atoms. The number of nitro benzene ring substituents is 1. The predicted octanol–water partition coefficient (Wildman–Crippen LogP) is 3.15. The Hall–Kier alpha value is -2.36. The van der Waals surface area contributed by atoms with E-state index in [0.29, 0.717) is 5.69 Å². The van der Waals surface area contributed by atoms with Crippen LogP contribution in [-0.4, -0.2) is 4.92 Å². The van der Waals surface area contributed by atoms with Crippen LogP contribution in [0.2, 0.25) is 0 Å². The second-order valence-electron chi connectivity index (χ2n) is 3.88. The van der Waals surface area contributed by atoms with E-state index >= 15 is 0 Å². The molecule has 0 radical (unpaired) electrons. The predicted molar refractivity (Wildman–Crippen MR) is 67.7 cm³/mol. The fraction of sp³-hybridized carbons (Fsp3) is 0.0769. The number of nitrogen functional groups attached to an aromatic ring is 1. The van der Waals surface area contributed by atoms with Gasteiger partial charge in [-0.2, -0.15) is 0 Å². The Labute approximate surface area is 98.8 Å². The van der Waals surface area contributed by atoms with E-state index in [9.17, 15) is 10.1 Å². The molecule has 0 atom stereocenters. The fourth-order valence-electron chi connectivity index (χ4n) is 1.77. The van der Waals surface area contributed by atoms with Crippen molar-refractivity contribution in [3.8, 4) is 11.1 Å². The lowest BCUT2D eigenvalue weighted by Crippen LogP contribution is -1.90. The fourth-order valence-corrected chi connectivity index (χ4v) is 1.77. The third kappa shape index (κ3) is 2.25. The van der Waals surface area contributed by atoms with Gasteiger partial charge < -0.3 is 5.73 Å². The molecule has 4 heteroatoms. The summed E-state index contributed by atoms with van der Waals surface area (Å²) in [5.74, 6) is 0. The number of benzene rings is 2. The smallest absolute Gasteiger partial charge is 0.269 e. The van der Waals surface area contributed by atoms with Crippen LogP contribution in [0.3, 0.4) is 0 Å². The van der Waals surface area contributed by atoms with Crippen LogP contribution < -0.4 is 5.73 Å². The van der Waals surface area contributed by atoms with Crippen LogP contribution in [0.5, 0.6) is 0 Å². The first-order chi connectivity index (χ1) is 8.08. The van der Waals surface area contributed by atoms with E-state index in [4.69, 9.17) is 5.73 Å². The Kier molecular flexibility index (Phi) is 2.78. The summed E-state index contributed by atoms with van der Waals surface area (Å²) in [6.45, 7) is 1.97. The Balaban J connectivity index is 2.43. The third-order valence-electron chi connectivity index (χ3n) is 2.64. The van der Waals surface area contributed by atoms with Crippen LogP contribution in [-0.2, 0) is 0 Å². The molecule has 0 amide bonds. The molecule has 4 nitrogen and oxygen atoms in total. The number of nitro groups is 1. The van der Waals surface area contributed by atoms with Gasteiger partial charge in [0.1, 0.15) is 0 Å². The van der Waals surface area contributed by atoms with E-state index in [2.05, 4.69) is 0 Å². The average Bonchev–Trinajstić information content (AvgIpc) is 2.29. The van der Waals surface area contributed by atoms with Crippen molar-refractivity contribution < 1.29 is 4.92 Å². The molecule has 0 bridgehead atoms. The highest BCUT2D eigenvalue weighted by atomic mass is 16.6. The standard InChI is InChI=1S/C13H12N2O2/c1-9-8-11(14)4-7-13(9)10-2-5-12(6-3-10)15(16)17/h2-8H,14H2,1H3. The number of non-ortho nitro benzene ring substituents is 1. The second kappa shape index (κ2) is 4.25. The highest BCUT2D eigenvalue weighted by molar-refractivity contribution is 5.70. The summed E-state index contributed by atoms with van der Waals surface area (Å²) in [7, 11) is 0. The lowest BCUT2D eigenvalue weighted by atomic mass is 10.00. The van der Waals surface area contributed by atoms with Gasteiger partial charge in [-0.3, -0.25) is 10.1 Å². The first-order valence-corrected chi connectivity index (χ1v) is 5.19. The summed E-state index contributed by atoms with van der Waals surface area (Å²) in [6, 6.07) is 12.1. The van der Waals surface area contributed by atoms with E-state index in [1.807, 2.05) is 25.1 Å². The maximum atomic E-state index is 10.5. The van der Waals surface area contributed by atoms with Gasteiger partial charge in [-0.15, -0.1) is 0 Å². The number of anilines is 1. The van der Waals surface area contributed by atoms with Crippen molar-refractivity contribution >= 4 is 11.4 Å². The van der Waals surface area contributed by atoms with Crippen molar-refractivity contribution in [3.05, 3.63) is 58.1 Å². The highest BCUT2D eigenvalue weighted by Crippen LogP contribution is 2.26. The summed E-state index contributed by atoms with van der Waals surface area (Å²) in [5, 5.41) is 10.5. The van der Waals surface area contributed by atoms with Gasteiger partial charge in [-0.05, 0) is 47.9 Å². The van der Waals surface area contributed by atoms with Gasteiger partial charge >= 0.3 is 0 Å². The first-order valence-electron chi connectivity index (χ1n) is 5.19. The van der Waals surface area contributed by atoms with Gasteiger partial charge in [0.25, 0.3) is 5.69 Å². The van der Waals surface area contributed by atoms with Crippen molar-refractivity contribution in [1.29, 1.82) is 0 Å². The van der Waals surface area contributed by atoms with Crippen LogP contribution in [0, 0.1) is 17.0 Å². The van der Waals surface area contributed by atoms with Gasteiger partial charge in [0.15, 0.2) is 0 Å². The molecule has 0 aliphatic rings. The first kappa shape index (κ1) is 11.1. The van der Waals surface area contributed by atoms with Gasteiger partial charge in [0.05, 0.1) is 4.92 Å². The summed E-state index contributed by atoms with van der Waals surface area (Å²) >= 11 is 0. The van der Waals surface area contributed by atoms with Gasteiger partial charge in [0.2, 0.25) is 0 Å². The zero-order chi connectivity index (χ0) is 12.4. The van der Waals surface area contributed by atoms with E-state index in [-0.39, 0.29) is 5.69 Å². The van der Waals surface area contributed by atoms with E-state index in [1.54, 1.807) is 12.1 Å². The highest BCUT2D eigenvalue weighted by Gasteiger charge is 2.06. The largest absolute Gasteiger partial charge is 0.399 e. The van der Waals surface area contributed by atoms with Crippen molar-refractivity contribution in [2.24, 2.45) is 0 Å². The summed E-state index contributed by atoms with van der Waals surface area (Å²) in [4.78, 5) is 10.1. The molecule has 2 N–H and O–H groups in total. The minimum Gasteiger partial charge on any atom is -0.399 e. The minimum absolute atomic E-state index is 0.0989. The van der Waals surface area contributed by atoms with E-state index < -0.39 is 4.92 Å². The molecule has 0 aliphatic heterocycles. The summed E-state index contributed by atoms with van der Waals surface area (Å²) in [5.41, 5.74) is 9.54. The minimum atomic E-state index is -0.403. The Morgan fingerprint density at radius 1 is 1.12 bits per heavy atom. The third-order valence-corrected chi connectivity index (χ3v) is 2.64. The number of hydrogen-bond donors (Lipinski definition) is 1. The lowest BCUT2D eigenvalue weighted by molar-refractivity contribution is -0.384. The van der Waals surface area contributed by atoms with Crippen LogP contribution in [0.25, 0.3) is 11.1 Å². The zero-order valence-electron chi connectivity index (χ0n) is 9.38. The number of nitrogens with zero attached hydrogens (tertiary/aromatic N) is 1. The van der Waals surface area contributed by atoms with Gasteiger partial charge in [-0.25, -0.2) is 0 Å². The Morgan fingerprint density at radius 2 is 1.76 bits per heavy atom. The molecule has 0 saturated carbocycles. The molecule has 0 unspecified atom stereocenters. The maximum Gasteiger partial charge on any atom is 0.269 e. The topological polar surface area (TPSA) is 69.2 Å². The second-order valence-corrected chi connectivity index (χ2v) is 3.88. The summed E-state index contributed by atoms with van der Waals surface area (Å²) < 4.78 is 0. The lowest BCUT2D eigenvalue weighted by Gasteiger charge is -2.06. The molecule has 2 aromatic rings. The maximum absolute atomic E-state index is 10.5. The number of nitrogens with two attached hydrogens (primary N) is 1. The van der Waals surface area contributed by atoms with E-state index in [1.165, 1.54) is 12.1 Å².